The van der Waals surface area contributed by atoms with Gasteiger partial charge in [-0.2, -0.15) is 0 Å². The Balaban J connectivity index is 2.47. The molecule has 0 aliphatic heterocycles. The van der Waals surface area contributed by atoms with Gasteiger partial charge >= 0.3 is 0 Å². The van der Waals surface area contributed by atoms with Crippen LogP contribution < -0.4 is 16.6 Å². The SMILES string of the molecule is CCCCc1ccc(NC(=O)CC(=O)NN)cc1. The molecule has 0 aromatic heterocycles. The maximum absolute atomic E-state index is 11.4. The number of rotatable bonds is 6. The summed E-state index contributed by atoms with van der Waals surface area (Å²) in [5, 5.41) is 2.64. The number of nitrogens with one attached hydrogen (secondary N) is 2. The van der Waals surface area contributed by atoms with Crippen LogP contribution >= 0.6 is 0 Å². The molecule has 0 saturated heterocycles. The van der Waals surface area contributed by atoms with E-state index in [1.165, 1.54) is 5.56 Å². The molecule has 0 radical (unpaired) electrons. The van der Waals surface area contributed by atoms with E-state index >= 15 is 0 Å². The summed E-state index contributed by atoms with van der Waals surface area (Å²) >= 11 is 0. The van der Waals surface area contributed by atoms with Crippen molar-refractivity contribution >= 4 is 17.5 Å². The highest BCUT2D eigenvalue weighted by Crippen LogP contribution is 2.11. The Morgan fingerprint density at radius 1 is 1.17 bits per heavy atom. The van der Waals surface area contributed by atoms with Crippen molar-refractivity contribution < 1.29 is 9.59 Å². The van der Waals surface area contributed by atoms with Gasteiger partial charge in [-0.25, -0.2) is 5.84 Å². The molecule has 0 fully saturated rings. The number of nitrogens with two attached hydrogens (primary N) is 1. The maximum atomic E-state index is 11.4. The van der Waals surface area contributed by atoms with E-state index in [0.717, 1.165) is 19.3 Å². The zero-order valence-corrected chi connectivity index (χ0v) is 10.5. The Hall–Kier alpha value is -1.88. The van der Waals surface area contributed by atoms with E-state index in [2.05, 4.69) is 12.2 Å². The highest BCUT2D eigenvalue weighted by atomic mass is 16.2. The van der Waals surface area contributed by atoms with Crippen molar-refractivity contribution in [2.24, 2.45) is 5.84 Å². The van der Waals surface area contributed by atoms with Gasteiger partial charge in [0, 0.05) is 5.69 Å². The number of carbonyl (C=O) groups excluding carboxylic acids is 2. The summed E-state index contributed by atoms with van der Waals surface area (Å²) in [6.07, 6.45) is 3.09. The number of amides is 2. The number of carbonyl (C=O) groups is 2. The van der Waals surface area contributed by atoms with E-state index < -0.39 is 5.91 Å². The smallest absolute Gasteiger partial charge is 0.243 e. The monoisotopic (exact) mass is 249 g/mol. The minimum Gasteiger partial charge on any atom is -0.326 e. The first-order chi connectivity index (χ1) is 8.65. The van der Waals surface area contributed by atoms with Crippen LogP contribution in [0.5, 0.6) is 0 Å². The van der Waals surface area contributed by atoms with Gasteiger partial charge in [0.2, 0.25) is 11.8 Å². The highest BCUT2D eigenvalue weighted by molar-refractivity contribution is 6.03. The van der Waals surface area contributed by atoms with Crippen LogP contribution in [0.3, 0.4) is 0 Å². The molecule has 5 heteroatoms. The third-order valence-electron chi connectivity index (χ3n) is 2.54. The van der Waals surface area contributed by atoms with Gasteiger partial charge < -0.3 is 5.32 Å². The molecule has 5 nitrogen and oxygen atoms in total. The first-order valence-electron chi connectivity index (χ1n) is 6.04. The number of aryl methyl sites for hydroxylation is 1. The first-order valence-corrected chi connectivity index (χ1v) is 6.04. The highest BCUT2D eigenvalue weighted by Gasteiger charge is 2.07. The number of unbranched alkanes of at least 4 members (excludes halogenated alkanes) is 1. The normalized spacial score (nSPS) is 9.89. The molecule has 0 aliphatic rings. The van der Waals surface area contributed by atoms with Crippen molar-refractivity contribution in [3.05, 3.63) is 29.8 Å². The largest absolute Gasteiger partial charge is 0.326 e. The third-order valence-corrected chi connectivity index (χ3v) is 2.54. The average Bonchev–Trinajstić information content (AvgIpc) is 2.37. The summed E-state index contributed by atoms with van der Waals surface area (Å²) in [5.41, 5.74) is 3.84. The summed E-state index contributed by atoms with van der Waals surface area (Å²) in [6.45, 7) is 2.15. The summed E-state index contributed by atoms with van der Waals surface area (Å²) in [4.78, 5) is 22.3. The molecular weight excluding hydrogens is 230 g/mol. The van der Waals surface area contributed by atoms with E-state index in [1.807, 2.05) is 29.7 Å². The van der Waals surface area contributed by atoms with E-state index in [-0.39, 0.29) is 12.3 Å². The molecule has 1 aromatic carbocycles. The molecule has 0 bridgehead atoms. The standard InChI is InChI=1S/C13H19N3O2/c1-2-3-4-10-5-7-11(8-6-10)15-12(17)9-13(18)16-14/h5-8H,2-4,9,14H2,1H3,(H,15,17)(H,16,18). The van der Waals surface area contributed by atoms with Gasteiger partial charge in [-0.1, -0.05) is 25.5 Å². The summed E-state index contributed by atoms with van der Waals surface area (Å²) in [6, 6.07) is 7.63. The second-order valence-corrected chi connectivity index (χ2v) is 4.09. The van der Waals surface area contributed by atoms with Crippen molar-refractivity contribution in [1.29, 1.82) is 0 Å². The molecule has 18 heavy (non-hydrogen) atoms. The Bertz CT molecular complexity index is 401. The molecule has 1 aromatic rings. The second-order valence-electron chi connectivity index (χ2n) is 4.09. The number of benzene rings is 1. The second kappa shape index (κ2) is 7.45. The molecule has 1 rings (SSSR count). The average molecular weight is 249 g/mol. The lowest BCUT2D eigenvalue weighted by atomic mass is 10.1. The van der Waals surface area contributed by atoms with Crippen molar-refractivity contribution in [1.82, 2.24) is 5.43 Å². The lowest BCUT2D eigenvalue weighted by Gasteiger charge is -2.06. The number of hydrogen-bond donors (Lipinski definition) is 3. The van der Waals surface area contributed by atoms with Gasteiger partial charge in [-0.05, 0) is 30.5 Å². The molecule has 0 saturated carbocycles. The molecular formula is C13H19N3O2. The third kappa shape index (κ3) is 4.97. The summed E-state index contributed by atoms with van der Waals surface area (Å²) < 4.78 is 0. The first kappa shape index (κ1) is 14.2. The van der Waals surface area contributed by atoms with Crippen LogP contribution in [0, 0.1) is 0 Å². The Morgan fingerprint density at radius 3 is 2.39 bits per heavy atom. The minimum atomic E-state index is -0.507. The fraction of sp³-hybridized carbons (Fsp3) is 0.385. The van der Waals surface area contributed by atoms with Crippen LogP contribution in [0.2, 0.25) is 0 Å². The van der Waals surface area contributed by atoms with E-state index in [1.54, 1.807) is 0 Å². The number of hydrogen-bond acceptors (Lipinski definition) is 3. The lowest BCUT2D eigenvalue weighted by molar-refractivity contribution is -0.126. The van der Waals surface area contributed by atoms with E-state index in [4.69, 9.17) is 5.84 Å². The molecule has 4 N–H and O–H groups in total. The van der Waals surface area contributed by atoms with Crippen LogP contribution in [-0.4, -0.2) is 11.8 Å². The van der Waals surface area contributed by atoms with E-state index in [0.29, 0.717) is 5.69 Å². The zero-order chi connectivity index (χ0) is 13.4. The van der Waals surface area contributed by atoms with Crippen LogP contribution in [0.25, 0.3) is 0 Å². The molecule has 2 amide bonds. The van der Waals surface area contributed by atoms with Gasteiger partial charge in [-0.3, -0.25) is 15.0 Å². The quantitative estimate of drug-likeness (QED) is 0.308. The summed E-state index contributed by atoms with van der Waals surface area (Å²) in [7, 11) is 0. The van der Waals surface area contributed by atoms with Crippen LogP contribution in [0.1, 0.15) is 31.7 Å². The molecule has 0 heterocycles. The van der Waals surface area contributed by atoms with Crippen molar-refractivity contribution in [2.45, 2.75) is 32.6 Å². The van der Waals surface area contributed by atoms with Crippen LogP contribution in [-0.2, 0) is 16.0 Å². The Labute approximate surface area is 107 Å². The molecule has 0 aliphatic carbocycles. The summed E-state index contributed by atoms with van der Waals surface area (Å²) in [5.74, 6) is 4.02. The lowest BCUT2D eigenvalue weighted by Crippen LogP contribution is -2.33. The number of anilines is 1. The maximum Gasteiger partial charge on any atom is 0.243 e. The van der Waals surface area contributed by atoms with Crippen LogP contribution in [0.4, 0.5) is 5.69 Å². The van der Waals surface area contributed by atoms with Gasteiger partial charge in [0.05, 0.1) is 0 Å². The van der Waals surface area contributed by atoms with Crippen molar-refractivity contribution in [3.63, 3.8) is 0 Å². The van der Waals surface area contributed by atoms with Gasteiger partial charge in [-0.15, -0.1) is 0 Å². The predicted octanol–water partition coefficient (Wildman–Crippen LogP) is 1.35. The molecule has 0 unspecified atom stereocenters. The number of hydrazine groups is 1. The fourth-order valence-electron chi connectivity index (χ4n) is 1.54. The minimum absolute atomic E-state index is 0.270. The fourth-order valence-corrected chi connectivity index (χ4v) is 1.54. The zero-order valence-electron chi connectivity index (χ0n) is 10.5. The molecule has 98 valence electrons. The Morgan fingerprint density at radius 2 is 1.83 bits per heavy atom. The molecule has 0 spiro atoms. The van der Waals surface area contributed by atoms with Crippen LogP contribution in [0.15, 0.2) is 24.3 Å². The topological polar surface area (TPSA) is 84.2 Å². The van der Waals surface area contributed by atoms with Crippen molar-refractivity contribution in [3.8, 4) is 0 Å². The van der Waals surface area contributed by atoms with Gasteiger partial charge in [0.15, 0.2) is 0 Å². The predicted molar refractivity (Wildman–Crippen MR) is 70.6 cm³/mol. The van der Waals surface area contributed by atoms with Gasteiger partial charge in [0.25, 0.3) is 0 Å². The van der Waals surface area contributed by atoms with Gasteiger partial charge in [0.1, 0.15) is 6.42 Å². The van der Waals surface area contributed by atoms with Crippen molar-refractivity contribution in [2.75, 3.05) is 5.32 Å². The Kier molecular flexibility index (Phi) is 5.87. The molecule has 0 atom stereocenters. The van der Waals surface area contributed by atoms with E-state index in [9.17, 15) is 9.59 Å².